The molecule has 2 N–H and O–H groups in total. The smallest absolute Gasteiger partial charge is 0.326 e. The van der Waals surface area contributed by atoms with Gasteiger partial charge in [0, 0.05) is 15.2 Å². The molecule has 0 aliphatic rings. The second-order valence-electron chi connectivity index (χ2n) is 4.41. The molecule has 0 bridgehead atoms. The van der Waals surface area contributed by atoms with E-state index in [1.54, 1.807) is 12.1 Å². The molecule has 1 unspecified atom stereocenters. The summed E-state index contributed by atoms with van der Waals surface area (Å²) in [6.45, 7) is 0. The van der Waals surface area contributed by atoms with E-state index in [1.807, 2.05) is 0 Å². The predicted octanol–water partition coefficient (Wildman–Crippen LogP) is 1.83. The van der Waals surface area contributed by atoms with Gasteiger partial charge in [0.05, 0.1) is 11.3 Å². The summed E-state index contributed by atoms with van der Waals surface area (Å²) in [4.78, 5) is 23.1. The number of sulfone groups is 1. The molecular formula is C12H13Br2NO5S. The molecule has 0 heterocycles. The number of hydrogen-bond donors (Lipinski definition) is 2. The van der Waals surface area contributed by atoms with Crippen LogP contribution in [0.2, 0.25) is 0 Å². The minimum absolute atomic E-state index is 0.186. The molecule has 0 aromatic heterocycles. The van der Waals surface area contributed by atoms with Crippen LogP contribution in [0.25, 0.3) is 0 Å². The van der Waals surface area contributed by atoms with Crippen molar-refractivity contribution in [2.45, 2.75) is 12.5 Å². The van der Waals surface area contributed by atoms with E-state index in [9.17, 15) is 18.0 Å². The molecule has 0 saturated heterocycles. The summed E-state index contributed by atoms with van der Waals surface area (Å²) >= 11 is 6.45. The first-order valence-electron chi connectivity index (χ1n) is 5.76. The third-order valence-electron chi connectivity index (χ3n) is 2.56. The van der Waals surface area contributed by atoms with Crippen molar-refractivity contribution in [1.29, 1.82) is 0 Å². The molecule has 0 aliphatic heterocycles. The molecule has 1 aromatic carbocycles. The monoisotopic (exact) mass is 441 g/mol. The number of carbonyl (C=O) groups is 2. The molecule has 116 valence electrons. The van der Waals surface area contributed by atoms with Crippen LogP contribution in [0.15, 0.2) is 27.1 Å². The molecule has 1 rings (SSSR count). The van der Waals surface area contributed by atoms with E-state index in [4.69, 9.17) is 5.11 Å². The number of carboxylic acids is 1. The Morgan fingerprint density at radius 3 is 2.43 bits per heavy atom. The lowest BCUT2D eigenvalue weighted by Gasteiger charge is -2.14. The molecule has 21 heavy (non-hydrogen) atoms. The van der Waals surface area contributed by atoms with Gasteiger partial charge in [-0.3, -0.25) is 4.79 Å². The zero-order chi connectivity index (χ0) is 16.2. The molecule has 1 amide bonds. The van der Waals surface area contributed by atoms with Gasteiger partial charge >= 0.3 is 5.97 Å². The van der Waals surface area contributed by atoms with Gasteiger partial charge in [-0.2, -0.15) is 0 Å². The maximum absolute atomic E-state index is 12.0. The quantitative estimate of drug-likeness (QED) is 0.699. The fourth-order valence-electron chi connectivity index (χ4n) is 1.50. The van der Waals surface area contributed by atoms with Gasteiger partial charge < -0.3 is 10.4 Å². The van der Waals surface area contributed by atoms with Gasteiger partial charge in [0.1, 0.15) is 15.9 Å². The Bertz CT molecular complexity index is 660. The Labute approximate surface area is 139 Å². The van der Waals surface area contributed by atoms with Crippen molar-refractivity contribution in [3.63, 3.8) is 0 Å². The summed E-state index contributed by atoms with van der Waals surface area (Å²) in [7, 11) is -3.30. The molecule has 0 spiro atoms. The van der Waals surface area contributed by atoms with Crippen LogP contribution in [-0.2, 0) is 14.6 Å². The van der Waals surface area contributed by atoms with Gasteiger partial charge in [-0.15, -0.1) is 0 Å². The number of hydrogen-bond acceptors (Lipinski definition) is 4. The van der Waals surface area contributed by atoms with E-state index in [1.165, 1.54) is 6.07 Å². The molecule has 1 aromatic rings. The van der Waals surface area contributed by atoms with Crippen molar-refractivity contribution in [1.82, 2.24) is 5.32 Å². The third kappa shape index (κ3) is 6.15. The van der Waals surface area contributed by atoms with Crippen molar-refractivity contribution in [2.24, 2.45) is 0 Å². The number of rotatable bonds is 6. The van der Waals surface area contributed by atoms with Gasteiger partial charge in [0.2, 0.25) is 0 Å². The molecule has 9 heteroatoms. The van der Waals surface area contributed by atoms with Crippen molar-refractivity contribution in [3.05, 3.63) is 32.7 Å². The van der Waals surface area contributed by atoms with E-state index < -0.39 is 27.8 Å². The summed E-state index contributed by atoms with van der Waals surface area (Å²) in [5.41, 5.74) is 0.267. The van der Waals surface area contributed by atoms with E-state index in [2.05, 4.69) is 37.2 Å². The molecule has 1 atom stereocenters. The zero-order valence-electron chi connectivity index (χ0n) is 11.0. The Morgan fingerprint density at radius 2 is 1.95 bits per heavy atom. The zero-order valence-corrected chi connectivity index (χ0v) is 15.0. The second kappa shape index (κ2) is 7.37. The molecule has 0 aliphatic carbocycles. The van der Waals surface area contributed by atoms with E-state index in [-0.39, 0.29) is 17.7 Å². The normalized spacial score (nSPS) is 12.7. The van der Waals surface area contributed by atoms with Crippen LogP contribution in [0.3, 0.4) is 0 Å². The number of halogens is 2. The second-order valence-corrected chi connectivity index (χ2v) is 8.44. The lowest BCUT2D eigenvalue weighted by molar-refractivity contribution is -0.139. The summed E-state index contributed by atoms with van der Waals surface area (Å²) in [5, 5.41) is 11.4. The van der Waals surface area contributed by atoms with Crippen molar-refractivity contribution in [2.75, 3.05) is 12.0 Å². The maximum atomic E-state index is 12.0. The molecule has 0 fully saturated rings. The van der Waals surface area contributed by atoms with E-state index in [0.29, 0.717) is 4.47 Å². The van der Waals surface area contributed by atoms with Crippen LogP contribution in [0.1, 0.15) is 16.8 Å². The summed E-state index contributed by atoms with van der Waals surface area (Å²) < 4.78 is 23.4. The maximum Gasteiger partial charge on any atom is 0.326 e. The lowest BCUT2D eigenvalue weighted by atomic mass is 10.1. The number of nitrogens with one attached hydrogen (secondary N) is 1. The van der Waals surface area contributed by atoms with Gasteiger partial charge in [-0.05, 0) is 40.5 Å². The summed E-state index contributed by atoms with van der Waals surface area (Å²) in [6.07, 6.45) is 0.826. The first-order valence-corrected chi connectivity index (χ1v) is 9.41. The summed E-state index contributed by atoms with van der Waals surface area (Å²) in [6, 6.07) is 3.56. The lowest BCUT2D eigenvalue weighted by Crippen LogP contribution is -2.42. The number of carbonyl (C=O) groups excluding carboxylic acids is 1. The van der Waals surface area contributed by atoms with Gasteiger partial charge in [-0.25, -0.2) is 13.2 Å². The number of amides is 1. The first-order chi connectivity index (χ1) is 9.60. The fraction of sp³-hybridized carbons (Fsp3) is 0.333. The summed E-state index contributed by atoms with van der Waals surface area (Å²) in [5.74, 6) is -2.18. The van der Waals surface area contributed by atoms with Crippen LogP contribution in [0.5, 0.6) is 0 Å². The van der Waals surface area contributed by atoms with Gasteiger partial charge in [-0.1, -0.05) is 15.9 Å². The molecule has 6 nitrogen and oxygen atoms in total. The Kier molecular flexibility index (Phi) is 6.36. The number of aliphatic carboxylic acids is 1. The van der Waals surface area contributed by atoms with Crippen molar-refractivity contribution < 1.29 is 23.1 Å². The first kappa shape index (κ1) is 18.1. The Morgan fingerprint density at radius 1 is 1.33 bits per heavy atom. The average Bonchev–Trinajstić information content (AvgIpc) is 2.32. The molecular weight excluding hydrogens is 430 g/mol. The third-order valence-corrected chi connectivity index (χ3v) is 4.68. The number of carboxylic acid groups (broad SMARTS) is 1. The highest BCUT2D eigenvalue weighted by Gasteiger charge is 2.23. The largest absolute Gasteiger partial charge is 0.480 e. The fourth-order valence-corrected chi connectivity index (χ4v) is 3.39. The predicted molar refractivity (Wildman–Crippen MR) is 85.1 cm³/mol. The van der Waals surface area contributed by atoms with E-state index >= 15 is 0 Å². The van der Waals surface area contributed by atoms with Crippen molar-refractivity contribution >= 4 is 53.6 Å². The van der Waals surface area contributed by atoms with Crippen LogP contribution in [0.4, 0.5) is 0 Å². The minimum Gasteiger partial charge on any atom is -0.480 e. The van der Waals surface area contributed by atoms with Gasteiger partial charge in [0.15, 0.2) is 0 Å². The topological polar surface area (TPSA) is 101 Å². The minimum atomic E-state index is -3.30. The Balaban J connectivity index is 2.84. The highest BCUT2D eigenvalue weighted by molar-refractivity contribution is 9.11. The van der Waals surface area contributed by atoms with Crippen molar-refractivity contribution in [3.8, 4) is 0 Å². The standard InChI is InChI=1S/C12H13Br2NO5S/c1-21(19,20)5-4-10(12(17)18)15-11(16)8-3-2-7(13)6-9(8)14/h2-3,6,10H,4-5H2,1H3,(H,15,16)(H,17,18). The average molecular weight is 443 g/mol. The van der Waals surface area contributed by atoms with Crippen LogP contribution >= 0.6 is 31.9 Å². The van der Waals surface area contributed by atoms with E-state index in [0.717, 1.165) is 10.7 Å². The molecule has 0 saturated carbocycles. The van der Waals surface area contributed by atoms with Crippen LogP contribution < -0.4 is 5.32 Å². The highest BCUT2D eigenvalue weighted by Crippen LogP contribution is 2.22. The Hall–Kier alpha value is -0.930. The van der Waals surface area contributed by atoms with Crippen LogP contribution in [-0.4, -0.2) is 43.5 Å². The highest BCUT2D eigenvalue weighted by atomic mass is 79.9. The SMILES string of the molecule is CS(=O)(=O)CCC(NC(=O)c1ccc(Br)cc1Br)C(=O)O. The van der Waals surface area contributed by atoms with Gasteiger partial charge in [0.25, 0.3) is 5.91 Å². The molecule has 0 radical (unpaired) electrons. The number of benzene rings is 1. The van der Waals surface area contributed by atoms with Crippen LogP contribution in [0, 0.1) is 0 Å².